The van der Waals surface area contributed by atoms with Gasteiger partial charge in [-0.1, -0.05) is 70.5 Å². The molecule has 1 N–H and O–H groups in total. The summed E-state index contributed by atoms with van der Waals surface area (Å²) >= 11 is 3.46. The largest absolute Gasteiger partial charge is 0.294 e. The molecule has 1 aliphatic heterocycles. The van der Waals surface area contributed by atoms with Crippen LogP contribution in [0.15, 0.2) is 82.4 Å². The zero-order valence-electron chi connectivity index (χ0n) is 16.0. The Balaban J connectivity index is 1.33. The van der Waals surface area contributed by atoms with E-state index in [-0.39, 0.29) is 5.91 Å². The van der Waals surface area contributed by atoms with Gasteiger partial charge in [0, 0.05) is 35.2 Å². The van der Waals surface area contributed by atoms with Crippen LogP contribution in [0.1, 0.15) is 32.6 Å². The van der Waals surface area contributed by atoms with E-state index in [0.717, 1.165) is 36.1 Å². The Morgan fingerprint density at radius 3 is 2.52 bits per heavy atom. The van der Waals surface area contributed by atoms with Gasteiger partial charge in [-0.25, -0.2) is 5.43 Å². The number of nitrogens with zero attached hydrogens (tertiary/aromatic N) is 2. The molecule has 0 atom stereocenters. The predicted molar refractivity (Wildman–Crippen MR) is 120 cm³/mol. The van der Waals surface area contributed by atoms with E-state index in [0.29, 0.717) is 5.56 Å². The first-order chi connectivity index (χ1) is 14.2. The van der Waals surface area contributed by atoms with Crippen LogP contribution in [0, 0.1) is 0 Å². The smallest absolute Gasteiger partial charge is 0.271 e. The molecule has 1 heterocycles. The second-order valence-corrected chi connectivity index (χ2v) is 8.00. The fraction of sp³-hybridized carbons (Fsp3) is 0.167. The Morgan fingerprint density at radius 1 is 1.00 bits per heavy atom. The van der Waals surface area contributed by atoms with Crippen molar-refractivity contribution in [2.24, 2.45) is 5.10 Å². The Labute approximate surface area is 179 Å². The SMILES string of the molecule is O=C(N/N=C\c1ccccc1Br)c1ccc(CN2CCc3ccccc3C2)cc1. The maximum atomic E-state index is 12.3. The molecule has 4 rings (SSSR count). The lowest BCUT2D eigenvalue weighted by molar-refractivity contribution is 0.0955. The van der Waals surface area contributed by atoms with Gasteiger partial charge in [-0.3, -0.25) is 9.69 Å². The van der Waals surface area contributed by atoms with Crippen LogP contribution >= 0.6 is 15.9 Å². The number of rotatable bonds is 5. The van der Waals surface area contributed by atoms with Gasteiger partial charge in [-0.2, -0.15) is 5.10 Å². The number of carbonyl (C=O) groups excluding carboxylic acids is 1. The second kappa shape index (κ2) is 9.16. The minimum absolute atomic E-state index is 0.216. The Kier molecular flexibility index (Phi) is 6.17. The third-order valence-electron chi connectivity index (χ3n) is 5.11. The summed E-state index contributed by atoms with van der Waals surface area (Å²) in [5.74, 6) is -0.216. The lowest BCUT2D eigenvalue weighted by atomic mass is 9.99. The highest BCUT2D eigenvalue weighted by Crippen LogP contribution is 2.20. The molecule has 3 aromatic carbocycles. The second-order valence-electron chi connectivity index (χ2n) is 7.15. The fourth-order valence-corrected chi connectivity index (χ4v) is 3.90. The van der Waals surface area contributed by atoms with E-state index in [1.165, 1.54) is 16.7 Å². The molecule has 3 aromatic rings. The number of halogens is 1. The lowest BCUT2D eigenvalue weighted by Crippen LogP contribution is -2.30. The van der Waals surface area contributed by atoms with Crippen molar-refractivity contribution in [1.29, 1.82) is 0 Å². The molecule has 0 saturated carbocycles. The van der Waals surface area contributed by atoms with Crippen molar-refractivity contribution in [2.75, 3.05) is 6.54 Å². The van der Waals surface area contributed by atoms with Gasteiger partial charge in [0.25, 0.3) is 5.91 Å². The van der Waals surface area contributed by atoms with Crippen LogP contribution in [0.5, 0.6) is 0 Å². The van der Waals surface area contributed by atoms with Crippen LogP contribution in [0.2, 0.25) is 0 Å². The number of carbonyl (C=O) groups is 1. The van der Waals surface area contributed by atoms with E-state index >= 15 is 0 Å². The molecule has 29 heavy (non-hydrogen) atoms. The summed E-state index contributed by atoms with van der Waals surface area (Å²) in [5, 5.41) is 4.05. The van der Waals surface area contributed by atoms with Gasteiger partial charge in [-0.15, -0.1) is 0 Å². The molecule has 1 aliphatic rings. The van der Waals surface area contributed by atoms with Gasteiger partial charge in [0.1, 0.15) is 0 Å². The topological polar surface area (TPSA) is 44.7 Å². The number of hydrogen-bond donors (Lipinski definition) is 1. The van der Waals surface area contributed by atoms with E-state index in [4.69, 9.17) is 0 Å². The molecule has 0 bridgehead atoms. The summed E-state index contributed by atoms with van der Waals surface area (Å²) in [6.07, 6.45) is 2.72. The minimum atomic E-state index is -0.216. The van der Waals surface area contributed by atoms with E-state index in [1.54, 1.807) is 6.21 Å². The summed E-state index contributed by atoms with van der Waals surface area (Å²) in [4.78, 5) is 14.8. The minimum Gasteiger partial charge on any atom is -0.294 e. The van der Waals surface area contributed by atoms with Crippen LogP contribution in [0.3, 0.4) is 0 Å². The standard InChI is InChI=1S/C24H22BrN3O/c25-23-8-4-3-6-21(23)15-26-27-24(29)20-11-9-18(10-12-20)16-28-14-13-19-5-1-2-7-22(19)17-28/h1-12,15H,13-14,16-17H2,(H,27,29)/b26-15-. The van der Waals surface area contributed by atoms with Crippen molar-refractivity contribution in [3.63, 3.8) is 0 Å². The van der Waals surface area contributed by atoms with E-state index < -0.39 is 0 Å². The Hall–Kier alpha value is -2.76. The third kappa shape index (κ3) is 5.00. The molecule has 0 saturated heterocycles. The van der Waals surface area contributed by atoms with E-state index in [1.807, 2.05) is 48.5 Å². The first-order valence-corrected chi connectivity index (χ1v) is 10.4. The molecule has 0 radical (unpaired) electrons. The van der Waals surface area contributed by atoms with Crippen molar-refractivity contribution >= 4 is 28.1 Å². The fourth-order valence-electron chi connectivity index (χ4n) is 3.51. The molecule has 1 amide bonds. The molecule has 0 unspecified atom stereocenters. The number of amides is 1. The summed E-state index contributed by atoms with van der Waals surface area (Å²) < 4.78 is 0.933. The van der Waals surface area contributed by atoms with Gasteiger partial charge in [0.15, 0.2) is 0 Å². The molecule has 0 aliphatic carbocycles. The summed E-state index contributed by atoms with van der Waals surface area (Å²) in [6.45, 7) is 2.92. The van der Waals surface area contributed by atoms with Crippen molar-refractivity contribution in [3.05, 3.63) is 105 Å². The van der Waals surface area contributed by atoms with Crippen LogP contribution in [-0.4, -0.2) is 23.6 Å². The average molecular weight is 448 g/mol. The lowest BCUT2D eigenvalue weighted by Gasteiger charge is -2.28. The third-order valence-corrected chi connectivity index (χ3v) is 5.83. The molecule has 0 aromatic heterocycles. The van der Waals surface area contributed by atoms with Gasteiger partial charge in [0.05, 0.1) is 6.21 Å². The number of nitrogens with one attached hydrogen (secondary N) is 1. The zero-order valence-corrected chi connectivity index (χ0v) is 17.6. The quantitative estimate of drug-likeness (QED) is 0.452. The Bertz CT molecular complexity index is 1030. The number of benzene rings is 3. The Morgan fingerprint density at radius 2 is 1.72 bits per heavy atom. The number of hydrazone groups is 1. The van der Waals surface area contributed by atoms with E-state index in [2.05, 4.69) is 55.6 Å². The van der Waals surface area contributed by atoms with E-state index in [9.17, 15) is 4.79 Å². The van der Waals surface area contributed by atoms with Crippen LogP contribution in [-0.2, 0) is 19.5 Å². The molecule has 0 fully saturated rings. The van der Waals surface area contributed by atoms with Gasteiger partial charge in [0.2, 0.25) is 0 Å². The first kappa shape index (κ1) is 19.6. The molecule has 5 heteroatoms. The number of fused-ring (bicyclic) bond motifs is 1. The average Bonchev–Trinajstić information content (AvgIpc) is 2.75. The molecular formula is C24H22BrN3O. The molecular weight excluding hydrogens is 426 g/mol. The van der Waals surface area contributed by atoms with Crippen molar-refractivity contribution < 1.29 is 4.79 Å². The van der Waals surface area contributed by atoms with Crippen LogP contribution in [0.25, 0.3) is 0 Å². The molecule has 146 valence electrons. The highest BCUT2D eigenvalue weighted by atomic mass is 79.9. The summed E-state index contributed by atoms with van der Waals surface area (Å²) in [6, 6.07) is 24.1. The van der Waals surface area contributed by atoms with Gasteiger partial charge >= 0.3 is 0 Å². The molecule has 0 spiro atoms. The highest BCUT2D eigenvalue weighted by Gasteiger charge is 2.15. The summed E-state index contributed by atoms with van der Waals surface area (Å²) in [5.41, 5.74) is 8.17. The summed E-state index contributed by atoms with van der Waals surface area (Å²) in [7, 11) is 0. The van der Waals surface area contributed by atoms with Crippen molar-refractivity contribution in [1.82, 2.24) is 10.3 Å². The van der Waals surface area contributed by atoms with Crippen molar-refractivity contribution in [2.45, 2.75) is 19.5 Å². The van der Waals surface area contributed by atoms with Crippen LogP contribution in [0.4, 0.5) is 0 Å². The van der Waals surface area contributed by atoms with Gasteiger partial charge < -0.3 is 0 Å². The number of hydrogen-bond acceptors (Lipinski definition) is 3. The zero-order chi connectivity index (χ0) is 20.1. The first-order valence-electron chi connectivity index (χ1n) is 9.65. The molecule has 4 nitrogen and oxygen atoms in total. The van der Waals surface area contributed by atoms with Crippen molar-refractivity contribution in [3.8, 4) is 0 Å². The predicted octanol–water partition coefficient (Wildman–Crippen LogP) is 4.77. The normalized spacial score (nSPS) is 14.0. The van der Waals surface area contributed by atoms with Gasteiger partial charge in [-0.05, 0) is 41.3 Å². The monoisotopic (exact) mass is 447 g/mol. The van der Waals surface area contributed by atoms with Crippen LogP contribution < -0.4 is 5.43 Å². The maximum Gasteiger partial charge on any atom is 0.271 e. The highest BCUT2D eigenvalue weighted by molar-refractivity contribution is 9.10. The maximum absolute atomic E-state index is 12.3.